The molecule has 5 heteroatoms. The van der Waals surface area contributed by atoms with Gasteiger partial charge in [0.1, 0.15) is 19.0 Å². The first-order valence-corrected chi connectivity index (χ1v) is 8.26. The van der Waals surface area contributed by atoms with Gasteiger partial charge in [0, 0.05) is 13.7 Å². The molecular formula is C20H25NO4. The Labute approximate surface area is 148 Å². The summed E-state index contributed by atoms with van der Waals surface area (Å²) in [6, 6.07) is 17.6. The number of carbonyl (C=O) groups excluding carboxylic acids is 1. The van der Waals surface area contributed by atoms with Crippen LogP contribution in [0.4, 0.5) is 4.79 Å². The number of aryl methyl sites for hydroxylation is 1. The van der Waals surface area contributed by atoms with Crippen LogP contribution in [0.1, 0.15) is 29.7 Å². The maximum atomic E-state index is 12.1. The van der Waals surface area contributed by atoms with Crippen molar-refractivity contribution in [3.05, 3.63) is 71.3 Å². The van der Waals surface area contributed by atoms with Crippen molar-refractivity contribution in [3.8, 4) is 0 Å². The molecule has 2 aromatic rings. The quantitative estimate of drug-likeness (QED) is 0.737. The summed E-state index contributed by atoms with van der Waals surface area (Å²) in [4.78, 5) is 12.1. The molecule has 0 radical (unpaired) electrons. The number of hydrogen-bond acceptors (Lipinski definition) is 4. The Morgan fingerprint density at radius 1 is 1.08 bits per heavy atom. The lowest BCUT2D eigenvalue weighted by Gasteiger charge is -2.25. The van der Waals surface area contributed by atoms with Crippen LogP contribution in [0, 0.1) is 6.92 Å². The monoisotopic (exact) mass is 343 g/mol. The largest absolute Gasteiger partial charge is 0.443 e. The Hall–Kier alpha value is -2.37. The molecule has 1 N–H and O–H groups in total. The fraction of sp³-hybridized carbons (Fsp3) is 0.350. The average molecular weight is 343 g/mol. The number of nitrogens with one attached hydrogen (secondary N) is 1. The standard InChI is InChI=1S/C20H25NO4/c1-15-9-7-8-12-18(15)19(24-14-23-3)16(2)25-20(22)21-13-17-10-5-4-6-11-17/h4-12,16,19H,13-14H2,1-3H3,(H,21,22). The number of methoxy groups -OCH3 is 1. The van der Waals surface area contributed by atoms with Gasteiger partial charge < -0.3 is 19.5 Å². The Kier molecular flexibility index (Phi) is 7.44. The van der Waals surface area contributed by atoms with Gasteiger partial charge in [-0.2, -0.15) is 0 Å². The van der Waals surface area contributed by atoms with E-state index >= 15 is 0 Å². The van der Waals surface area contributed by atoms with Gasteiger partial charge in [-0.15, -0.1) is 0 Å². The summed E-state index contributed by atoms with van der Waals surface area (Å²) in [5, 5.41) is 2.76. The maximum Gasteiger partial charge on any atom is 0.407 e. The molecular weight excluding hydrogens is 318 g/mol. The first-order chi connectivity index (χ1) is 12.1. The van der Waals surface area contributed by atoms with Gasteiger partial charge in [-0.1, -0.05) is 54.6 Å². The molecule has 0 saturated carbocycles. The van der Waals surface area contributed by atoms with Crippen molar-refractivity contribution < 1.29 is 19.0 Å². The van der Waals surface area contributed by atoms with Gasteiger partial charge in [-0.05, 0) is 30.5 Å². The number of rotatable bonds is 8. The molecule has 1 amide bonds. The summed E-state index contributed by atoms with van der Waals surface area (Å²) in [5.74, 6) is 0. The lowest BCUT2D eigenvalue weighted by Crippen LogP contribution is -2.31. The van der Waals surface area contributed by atoms with E-state index in [1.807, 2.05) is 68.4 Å². The van der Waals surface area contributed by atoms with Crippen LogP contribution in [-0.2, 0) is 20.8 Å². The van der Waals surface area contributed by atoms with Crippen LogP contribution in [-0.4, -0.2) is 26.1 Å². The highest BCUT2D eigenvalue weighted by Gasteiger charge is 2.25. The zero-order valence-electron chi connectivity index (χ0n) is 14.9. The second-order valence-electron chi connectivity index (χ2n) is 5.80. The summed E-state index contributed by atoms with van der Waals surface area (Å²) in [6.45, 7) is 4.36. The highest BCUT2D eigenvalue weighted by Crippen LogP contribution is 2.26. The van der Waals surface area contributed by atoms with E-state index in [1.54, 1.807) is 7.11 Å². The van der Waals surface area contributed by atoms with E-state index < -0.39 is 18.3 Å². The van der Waals surface area contributed by atoms with E-state index in [9.17, 15) is 4.79 Å². The molecule has 0 aliphatic carbocycles. The second kappa shape index (κ2) is 9.81. The van der Waals surface area contributed by atoms with Crippen molar-refractivity contribution in [1.29, 1.82) is 0 Å². The van der Waals surface area contributed by atoms with E-state index in [1.165, 1.54) is 0 Å². The van der Waals surface area contributed by atoms with Crippen LogP contribution in [0.5, 0.6) is 0 Å². The van der Waals surface area contributed by atoms with Crippen LogP contribution >= 0.6 is 0 Å². The van der Waals surface area contributed by atoms with Crippen molar-refractivity contribution in [3.63, 3.8) is 0 Å². The maximum absolute atomic E-state index is 12.1. The molecule has 2 rings (SSSR count). The molecule has 0 saturated heterocycles. The van der Waals surface area contributed by atoms with Gasteiger partial charge in [0.25, 0.3) is 0 Å². The van der Waals surface area contributed by atoms with Gasteiger partial charge in [-0.3, -0.25) is 0 Å². The van der Waals surface area contributed by atoms with E-state index in [0.717, 1.165) is 16.7 Å². The summed E-state index contributed by atoms with van der Waals surface area (Å²) in [6.07, 6.45) is -1.34. The van der Waals surface area contributed by atoms with Gasteiger partial charge in [0.15, 0.2) is 0 Å². The van der Waals surface area contributed by atoms with Crippen LogP contribution in [0.15, 0.2) is 54.6 Å². The number of hydrogen-bond donors (Lipinski definition) is 1. The van der Waals surface area contributed by atoms with Gasteiger partial charge in [-0.25, -0.2) is 4.79 Å². The molecule has 0 aliphatic rings. The molecule has 5 nitrogen and oxygen atoms in total. The van der Waals surface area contributed by atoms with Gasteiger partial charge >= 0.3 is 6.09 Å². The predicted octanol–water partition coefficient (Wildman–Crippen LogP) is 3.97. The first kappa shape index (κ1) is 19.0. The molecule has 2 aromatic carbocycles. The van der Waals surface area contributed by atoms with Crippen molar-refractivity contribution in [2.45, 2.75) is 32.6 Å². The zero-order chi connectivity index (χ0) is 18.1. The normalized spacial score (nSPS) is 13.1. The van der Waals surface area contributed by atoms with E-state index in [0.29, 0.717) is 6.54 Å². The number of benzene rings is 2. The molecule has 134 valence electrons. The average Bonchev–Trinajstić information content (AvgIpc) is 2.62. The fourth-order valence-corrected chi connectivity index (χ4v) is 2.57. The Morgan fingerprint density at radius 2 is 1.76 bits per heavy atom. The predicted molar refractivity (Wildman–Crippen MR) is 96.1 cm³/mol. The molecule has 0 aliphatic heterocycles. The smallest absolute Gasteiger partial charge is 0.407 e. The van der Waals surface area contributed by atoms with Gasteiger partial charge in [0.05, 0.1) is 0 Å². The Balaban J connectivity index is 1.97. The van der Waals surface area contributed by atoms with Crippen LogP contribution in [0.3, 0.4) is 0 Å². The summed E-state index contributed by atoms with van der Waals surface area (Å²) in [5.41, 5.74) is 3.06. The topological polar surface area (TPSA) is 56.8 Å². The van der Waals surface area contributed by atoms with Crippen molar-refractivity contribution in [1.82, 2.24) is 5.32 Å². The van der Waals surface area contributed by atoms with Crippen LogP contribution in [0.25, 0.3) is 0 Å². The van der Waals surface area contributed by atoms with E-state index in [4.69, 9.17) is 14.2 Å². The van der Waals surface area contributed by atoms with E-state index in [2.05, 4.69) is 5.32 Å². The number of alkyl carbamates (subject to hydrolysis) is 1. The molecule has 2 unspecified atom stereocenters. The third-order valence-corrected chi connectivity index (χ3v) is 3.86. The lowest BCUT2D eigenvalue weighted by molar-refractivity contribution is -0.112. The molecule has 0 spiro atoms. The minimum atomic E-state index is -0.476. The van der Waals surface area contributed by atoms with Crippen LogP contribution < -0.4 is 5.32 Å². The SMILES string of the molecule is COCOC(c1ccccc1C)C(C)OC(=O)NCc1ccccc1. The minimum absolute atomic E-state index is 0.123. The second-order valence-corrected chi connectivity index (χ2v) is 5.80. The number of ether oxygens (including phenoxy) is 3. The Morgan fingerprint density at radius 3 is 2.44 bits per heavy atom. The Bertz CT molecular complexity index is 660. The minimum Gasteiger partial charge on any atom is -0.443 e. The third kappa shape index (κ3) is 5.89. The summed E-state index contributed by atoms with van der Waals surface area (Å²) in [7, 11) is 1.56. The molecule has 0 aromatic heterocycles. The highest BCUT2D eigenvalue weighted by molar-refractivity contribution is 5.67. The third-order valence-electron chi connectivity index (χ3n) is 3.86. The molecule has 0 heterocycles. The van der Waals surface area contributed by atoms with Crippen molar-refractivity contribution >= 4 is 6.09 Å². The molecule has 25 heavy (non-hydrogen) atoms. The van der Waals surface area contributed by atoms with Crippen molar-refractivity contribution in [2.24, 2.45) is 0 Å². The number of amides is 1. The lowest BCUT2D eigenvalue weighted by atomic mass is 10.00. The first-order valence-electron chi connectivity index (χ1n) is 8.26. The van der Waals surface area contributed by atoms with Gasteiger partial charge in [0.2, 0.25) is 0 Å². The molecule has 0 bridgehead atoms. The zero-order valence-corrected chi connectivity index (χ0v) is 14.9. The molecule has 2 atom stereocenters. The van der Waals surface area contributed by atoms with E-state index in [-0.39, 0.29) is 6.79 Å². The van der Waals surface area contributed by atoms with Crippen LogP contribution in [0.2, 0.25) is 0 Å². The fourth-order valence-electron chi connectivity index (χ4n) is 2.57. The number of carbonyl (C=O) groups is 1. The summed E-state index contributed by atoms with van der Waals surface area (Å²) >= 11 is 0. The van der Waals surface area contributed by atoms with Crippen molar-refractivity contribution in [2.75, 3.05) is 13.9 Å². The summed E-state index contributed by atoms with van der Waals surface area (Å²) < 4.78 is 16.3. The highest BCUT2D eigenvalue weighted by atomic mass is 16.7. The molecule has 0 fully saturated rings.